The van der Waals surface area contributed by atoms with Gasteiger partial charge in [-0.15, -0.1) is 0 Å². The second kappa shape index (κ2) is 9.11. The molecule has 3 rings (SSSR count). The second-order valence-electron chi connectivity index (χ2n) is 7.07. The topological polar surface area (TPSA) is 87.2 Å². The van der Waals surface area contributed by atoms with E-state index in [2.05, 4.69) is 15.5 Å². The minimum atomic E-state index is -0.337. The van der Waals surface area contributed by atoms with E-state index < -0.39 is 0 Å². The number of nitrogens with one attached hydrogen (secondary N) is 2. The van der Waals surface area contributed by atoms with Gasteiger partial charge < -0.3 is 15.2 Å². The number of hydrogen-bond acceptors (Lipinski definition) is 4. The third kappa shape index (κ3) is 4.60. The molecule has 0 bridgehead atoms. The number of aromatic amines is 1. The average Bonchev–Trinajstić information content (AvgIpc) is 3.13. The van der Waals surface area contributed by atoms with Crippen molar-refractivity contribution in [2.24, 2.45) is 5.92 Å². The maximum absolute atomic E-state index is 12.8. The van der Waals surface area contributed by atoms with Gasteiger partial charge in [-0.05, 0) is 41.8 Å². The van der Waals surface area contributed by atoms with Crippen molar-refractivity contribution in [3.05, 3.63) is 58.2 Å². The third-order valence-electron chi connectivity index (χ3n) is 4.78. The lowest BCUT2D eigenvalue weighted by Crippen LogP contribution is -2.41. The molecule has 0 aliphatic rings. The van der Waals surface area contributed by atoms with Crippen LogP contribution in [-0.2, 0) is 0 Å². The normalized spacial score (nSPS) is 12.6. The molecule has 2 aromatic carbocycles. The highest BCUT2D eigenvalue weighted by Crippen LogP contribution is 2.32. The van der Waals surface area contributed by atoms with Crippen LogP contribution in [0.1, 0.15) is 35.5 Å². The molecule has 1 heterocycles. The Bertz CT molecular complexity index is 1030. The van der Waals surface area contributed by atoms with Gasteiger partial charge in [-0.1, -0.05) is 43.7 Å². The van der Waals surface area contributed by atoms with E-state index in [1.165, 1.54) is 7.11 Å². The van der Waals surface area contributed by atoms with E-state index in [1.54, 1.807) is 12.1 Å². The van der Waals surface area contributed by atoms with E-state index in [9.17, 15) is 9.90 Å². The summed E-state index contributed by atoms with van der Waals surface area (Å²) >= 11 is 5.93. The Kier molecular flexibility index (Phi) is 6.56. The summed E-state index contributed by atoms with van der Waals surface area (Å²) in [4.78, 5) is 12.8. The first kappa shape index (κ1) is 20.9. The molecule has 0 saturated carbocycles. The minimum Gasteiger partial charge on any atom is -0.495 e. The summed E-state index contributed by atoms with van der Waals surface area (Å²) in [5.74, 6) is 0.237. The van der Waals surface area contributed by atoms with E-state index in [0.717, 1.165) is 16.5 Å². The predicted molar refractivity (Wildman–Crippen MR) is 116 cm³/mol. The van der Waals surface area contributed by atoms with Gasteiger partial charge in [0.1, 0.15) is 5.75 Å². The first-order valence-corrected chi connectivity index (χ1v) is 9.72. The largest absolute Gasteiger partial charge is 0.495 e. The average molecular weight is 414 g/mol. The van der Waals surface area contributed by atoms with Gasteiger partial charge in [0.15, 0.2) is 0 Å². The number of methoxy groups -OCH3 is 1. The smallest absolute Gasteiger partial charge is 0.255 e. The fourth-order valence-electron chi connectivity index (χ4n) is 3.04. The number of rotatable bonds is 7. The van der Waals surface area contributed by atoms with Crippen LogP contribution in [0, 0.1) is 5.92 Å². The summed E-state index contributed by atoms with van der Waals surface area (Å²) in [6.45, 7) is 3.75. The van der Waals surface area contributed by atoms with Crippen LogP contribution < -0.4 is 10.1 Å². The van der Waals surface area contributed by atoms with Crippen LogP contribution >= 0.6 is 11.6 Å². The number of amides is 1. The van der Waals surface area contributed by atoms with Crippen LogP contribution in [0.4, 0.5) is 0 Å². The molecule has 3 aromatic rings. The van der Waals surface area contributed by atoms with Crippen LogP contribution in [0.15, 0.2) is 36.4 Å². The lowest BCUT2D eigenvalue weighted by Gasteiger charge is -2.20. The molecule has 0 spiro atoms. The summed E-state index contributed by atoms with van der Waals surface area (Å²) in [6.07, 6.45) is 3.77. The van der Waals surface area contributed by atoms with Crippen molar-refractivity contribution < 1.29 is 14.6 Å². The number of hydrogen-bond donors (Lipinski definition) is 3. The van der Waals surface area contributed by atoms with E-state index in [0.29, 0.717) is 22.0 Å². The molecule has 0 unspecified atom stereocenters. The predicted octanol–water partition coefficient (Wildman–Crippen LogP) is 4.14. The number of aliphatic hydroxyl groups is 1. The first-order valence-electron chi connectivity index (χ1n) is 9.35. The lowest BCUT2D eigenvalue weighted by molar-refractivity contribution is 0.0894. The Balaban J connectivity index is 1.98. The number of halogens is 1. The Morgan fingerprint density at radius 1 is 1.24 bits per heavy atom. The summed E-state index contributed by atoms with van der Waals surface area (Å²) in [5, 5.41) is 21.1. The van der Waals surface area contributed by atoms with Gasteiger partial charge in [-0.2, -0.15) is 5.10 Å². The highest BCUT2D eigenvalue weighted by atomic mass is 35.5. The monoisotopic (exact) mass is 413 g/mol. The lowest BCUT2D eigenvalue weighted by atomic mass is 10.0. The van der Waals surface area contributed by atoms with Crippen molar-refractivity contribution in [3.8, 4) is 5.75 Å². The number of aromatic nitrogens is 2. The number of carbonyl (C=O) groups excluding carboxylic acids is 1. The summed E-state index contributed by atoms with van der Waals surface area (Å²) in [5.41, 5.74) is 2.78. The minimum absolute atomic E-state index is 0.102. The van der Waals surface area contributed by atoms with E-state index in [1.807, 2.05) is 50.3 Å². The standard InChI is InChI=1S/C22H24ClN3O3/c1-13(2)19(12-27)24-22(28)16-9-11-18-20(21(16)29-3)17(25-26-18)10-6-14-4-7-15(23)8-5-14/h4-11,13,19,27H,12H2,1-3H3,(H,24,28)(H,25,26)/b10-6+/t19-/m1/s1. The molecule has 0 fully saturated rings. The maximum atomic E-state index is 12.8. The summed E-state index contributed by atoms with van der Waals surface area (Å²) in [6, 6.07) is 10.6. The van der Waals surface area contributed by atoms with Crippen LogP contribution in [0.5, 0.6) is 5.75 Å². The van der Waals surface area contributed by atoms with Gasteiger partial charge in [0.2, 0.25) is 0 Å². The molecule has 7 heteroatoms. The van der Waals surface area contributed by atoms with Crippen LogP contribution in [0.3, 0.4) is 0 Å². The zero-order chi connectivity index (χ0) is 21.0. The number of nitrogens with zero attached hydrogens (tertiary/aromatic N) is 1. The number of aliphatic hydroxyl groups excluding tert-OH is 1. The maximum Gasteiger partial charge on any atom is 0.255 e. The molecule has 6 nitrogen and oxygen atoms in total. The number of carbonyl (C=O) groups is 1. The third-order valence-corrected chi connectivity index (χ3v) is 5.03. The molecule has 152 valence electrons. The fraction of sp³-hybridized carbons (Fsp3) is 0.273. The number of benzene rings is 2. The summed E-state index contributed by atoms with van der Waals surface area (Å²) in [7, 11) is 1.53. The molecular weight excluding hydrogens is 390 g/mol. The highest BCUT2D eigenvalue weighted by Gasteiger charge is 2.22. The van der Waals surface area contributed by atoms with Crippen molar-refractivity contribution >= 4 is 40.6 Å². The first-order chi connectivity index (χ1) is 13.9. The van der Waals surface area contributed by atoms with Gasteiger partial charge >= 0.3 is 0 Å². The van der Waals surface area contributed by atoms with Gasteiger partial charge in [-0.3, -0.25) is 9.89 Å². The van der Waals surface area contributed by atoms with Crippen LogP contribution in [0.25, 0.3) is 23.1 Å². The fourth-order valence-corrected chi connectivity index (χ4v) is 3.16. The molecular formula is C22H24ClN3O3. The molecule has 1 atom stereocenters. The zero-order valence-electron chi connectivity index (χ0n) is 16.6. The molecule has 0 saturated heterocycles. The molecule has 0 aliphatic carbocycles. The van der Waals surface area contributed by atoms with Crippen LogP contribution in [0.2, 0.25) is 5.02 Å². The van der Waals surface area contributed by atoms with E-state index in [-0.39, 0.29) is 24.5 Å². The molecule has 0 aliphatic heterocycles. The Labute approximate surface area is 174 Å². The quantitative estimate of drug-likeness (QED) is 0.543. The van der Waals surface area contributed by atoms with Crippen molar-refractivity contribution in [3.63, 3.8) is 0 Å². The van der Waals surface area contributed by atoms with Crippen molar-refractivity contribution in [1.29, 1.82) is 0 Å². The molecule has 1 aromatic heterocycles. The Morgan fingerprint density at radius 3 is 2.59 bits per heavy atom. The Morgan fingerprint density at radius 2 is 1.97 bits per heavy atom. The van der Waals surface area contributed by atoms with E-state index >= 15 is 0 Å². The molecule has 1 amide bonds. The van der Waals surface area contributed by atoms with Crippen LogP contribution in [-0.4, -0.2) is 41.0 Å². The Hall–Kier alpha value is -2.83. The zero-order valence-corrected chi connectivity index (χ0v) is 17.3. The summed E-state index contributed by atoms with van der Waals surface area (Å²) < 4.78 is 5.59. The second-order valence-corrected chi connectivity index (χ2v) is 7.51. The number of H-pyrrole nitrogens is 1. The van der Waals surface area contributed by atoms with Gasteiger partial charge in [0.25, 0.3) is 5.91 Å². The molecule has 29 heavy (non-hydrogen) atoms. The highest BCUT2D eigenvalue weighted by molar-refractivity contribution is 6.30. The van der Waals surface area contributed by atoms with Gasteiger partial charge in [0.05, 0.1) is 41.9 Å². The van der Waals surface area contributed by atoms with Gasteiger partial charge in [-0.25, -0.2) is 0 Å². The van der Waals surface area contributed by atoms with Crippen molar-refractivity contribution in [2.45, 2.75) is 19.9 Å². The van der Waals surface area contributed by atoms with Crippen molar-refractivity contribution in [2.75, 3.05) is 13.7 Å². The number of ether oxygens (including phenoxy) is 1. The number of fused-ring (bicyclic) bond motifs is 1. The molecule has 3 N–H and O–H groups in total. The van der Waals surface area contributed by atoms with E-state index in [4.69, 9.17) is 16.3 Å². The van der Waals surface area contributed by atoms with Crippen molar-refractivity contribution in [1.82, 2.24) is 15.5 Å². The van der Waals surface area contributed by atoms with Gasteiger partial charge in [0, 0.05) is 5.02 Å². The SMILES string of the molecule is COc1c(C(=O)N[C@H](CO)C(C)C)ccc2[nH]nc(/C=C/c3ccc(Cl)cc3)c12. The molecule has 0 radical (unpaired) electrons.